The minimum atomic E-state index is -0.221. The predicted molar refractivity (Wildman–Crippen MR) is 92.7 cm³/mol. The average molecular weight is 320 g/mol. The number of anilines is 3. The maximum Gasteiger partial charge on any atom is 0.256 e. The van der Waals surface area contributed by atoms with Crippen molar-refractivity contribution < 1.29 is 9.53 Å². The standard InChI is InChI=1S/C18H16N4O2/c1-24-15-9-5-8-14(10-15)21-16-11-17(20-12-19-16)22-18(23)13-6-3-2-4-7-13/h2-12H,1H3,(H2,19,20,21,22,23). The molecule has 120 valence electrons. The van der Waals surface area contributed by atoms with E-state index in [0.29, 0.717) is 17.2 Å². The molecule has 0 saturated heterocycles. The third kappa shape index (κ3) is 3.86. The van der Waals surface area contributed by atoms with E-state index in [1.54, 1.807) is 25.3 Å². The highest BCUT2D eigenvalue weighted by Crippen LogP contribution is 2.21. The van der Waals surface area contributed by atoms with E-state index in [4.69, 9.17) is 4.74 Å². The molecule has 0 unspecified atom stereocenters. The highest BCUT2D eigenvalue weighted by Gasteiger charge is 2.07. The summed E-state index contributed by atoms with van der Waals surface area (Å²) < 4.78 is 5.19. The number of aromatic nitrogens is 2. The van der Waals surface area contributed by atoms with Gasteiger partial charge in [-0.25, -0.2) is 9.97 Å². The van der Waals surface area contributed by atoms with Crippen LogP contribution in [0.3, 0.4) is 0 Å². The Bertz CT molecular complexity index is 837. The first-order chi connectivity index (χ1) is 11.7. The van der Waals surface area contributed by atoms with Gasteiger partial charge in [0.25, 0.3) is 5.91 Å². The van der Waals surface area contributed by atoms with Crippen LogP contribution < -0.4 is 15.4 Å². The third-order valence-electron chi connectivity index (χ3n) is 3.29. The van der Waals surface area contributed by atoms with Gasteiger partial charge in [-0.05, 0) is 24.3 Å². The zero-order valence-electron chi connectivity index (χ0n) is 13.1. The summed E-state index contributed by atoms with van der Waals surface area (Å²) >= 11 is 0. The molecule has 0 bridgehead atoms. The Morgan fingerprint density at radius 3 is 2.54 bits per heavy atom. The lowest BCUT2D eigenvalue weighted by molar-refractivity contribution is 0.102. The Balaban J connectivity index is 1.73. The molecule has 0 aliphatic carbocycles. The molecule has 0 radical (unpaired) electrons. The van der Waals surface area contributed by atoms with Crippen molar-refractivity contribution in [3.8, 4) is 5.75 Å². The van der Waals surface area contributed by atoms with Crippen LogP contribution >= 0.6 is 0 Å². The van der Waals surface area contributed by atoms with Gasteiger partial charge in [-0.3, -0.25) is 4.79 Å². The summed E-state index contributed by atoms with van der Waals surface area (Å²) in [5.41, 5.74) is 1.40. The summed E-state index contributed by atoms with van der Waals surface area (Å²) in [5.74, 6) is 1.51. The number of benzene rings is 2. The van der Waals surface area contributed by atoms with Crippen LogP contribution in [0, 0.1) is 0 Å². The summed E-state index contributed by atoms with van der Waals surface area (Å²) in [6, 6.07) is 18.1. The van der Waals surface area contributed by atoms with E-state index < -0.39 is 0 Å². The first-order valence-electron chi connectivity index (χ1n) is 7.34. The van der Waals surface area contributed by atoms with Gasteiger partial charge in [-0.2, -0.15) is 0 Å². The summed E-state index contributed by atoms with van der Waals surface area (Å²) in [6.07, 6.45) is 1.39. The lowest BCUT2D eigenvalue weighted by Crippen LogP contribution is -2.13. The van der Waals surface area contributed by atoms with Crippen molar-refractivity contribution in [3.05, 3.63) is 72.6 Å². The molecule has 0 atom stereocenters. The number of carbonyl (C=O) groups is 1. The maximum atomic E-state index is 12.2. The van der Waals surface area contributed by atoms with E-state index in [0.717, 1.165) is 11.4 Å². The quantitative estimate of drug-likeness (QED) is 0.752. The van der Waals surface area contributed by atoms with Crippen LogP contribution in [-0.2, 0) is 0 Å². The highest BCUT2D eigenvalue weighted by atomic mass is 16.5. The number of nitrogens with one attached hydrogen (secondary N) is 2. The molecule has 1 amide bonds. The van der Waals surface area contributed by atoms with E-state index in [-0.39, 0.29) is 5.91 Å². The van der Waals surface area contributed by atoms with Crippen molar-refractivity contribution in [2.24, 2.45) is 0 Å². The number of hydrogen-bond donors (Lipinski definition) is 2. The molecular weight excluding hydrogens is 304 g/mol. The van der Waals surface area contributed by atoms with E-state index in [2.05, 4.69) is 20.6 Å². The average Bonchev–Trinajstić information content (AvgIpc) is 2.63. The van der Waals surface area contributed by atoms with Gasteiger partial charge < -0.3 is 15.4 Å². The van der Waals surface area contributed by atoms with Crippen LogP contribution in [0.15, 0.2) is 67.0 Å². The summed E-state index contributed by atoms with van der Waals surface area (Å²) in [7, 11) is 1.61. The first kappa shape index (κ1) is 15.5. The predicted octanol–water partition coefficient (Wildman–Crippen LogP) is 3.48. The lowest BCUT2D eigenvalue weighted by Gasteiger charge is -2.09. The zero-order valence-corrected chi connectivity index (χ0v) is 13.1. The number of hydrogen-bond acceptors (Lipinski definition) is 5. The molecule has 2 aromatic carbocycles. The first-order valence-corrected chi connectivity index (χ1v) is 7.34. The highest BCUT2D eigenvalue weighted by molar-refractivity contribution is 6.03. The van der Waals surface area contributed by atoms with Crippen LogP contribution in [0.1, 0.15) is 10.4 Å². The molecule has 0 aliphatic rings. The summed E-state index contributed by atoms with van der Waals surface area (Å²) in [6.45, 7) is 0. The summed E-state index contributed by atoms with van der Waals surface area (Å²) in [4.78, 5) is 20.4. The van der Waals surface area contributed by atoms with Gasteiger partial charge in [0.2, 0.25) is 0 Å². The van der Waals surface area contributed by atoms with Gasteiger partial charge in [0, 0.05) is 23.4 Å². The number of amides is 1. The molecule has 0 aliphatic heterocycles. The number of nitrogens with zero attached hydrogens (tertiary/aromatic N) is 2. The van der Waals surface area contributed by atoms with Crippen molar-refractivity contribution in [2.75, 3.05) is 17.7 Å². The Labute approximate surface area is 139 Å². The second kappa shape index (κ2) is 7.23. The smallest absolute Gasteiger partial charge is 0.256 e. The second-order valence-corrected chi connectivity index (χ2v) is 4.97. The third-order valence-corrected chi connectivity index (χ3v) is 3.29. The van der Waals surface area contributed by atoms with Crippen molar-refractivity contribution in [1.82, 2.24) is 9.97 Å². The second-order valence-electron chi connectivity index (χ2n) is 4.97. The number of methoxy groups -OCH3 is 1. The molecular formula is C18H16N4O2. The molecule has 6 nitrogen and oxygen atoms in total. The number of ether oxygens (including phenoxy) is 1. The minimum absolute atomic E-state index is 0.221. The maximum absolute atomic E-state index is 12.2. The molecule has 0 saturated carbocycles. The molecule has 6 heteroatoms. The fourth-order valence-electron chi connectivity index (χ4n) is 2.12. The monoisotopic (exact) mass is 320 g/mol. The number of carbonyl (C=O) groups excluding carboxylic acids is 1. The SMILES string of the molecule is COc1cccc(Nc2cc(NC(=O)c3ccccc3)ncn2)c1. The molecule has 24 heavy (non-hydrogen) atoms. The fraction of sp³-hybridized carbons (Fsp3) is 0.0556. The minimum Gasteiger partial charge on any atom is -0.497 e. The molecule has 3 rings (SSSR count). The van der Waals surface area contributed by atoms with Gasteiger partial charge >= 0.3 is 0 Å². The van der Waals surface area contributed by atoms with Crippen LogP contribution in [0.25, 0.3) is 0 Å². The van der Waals surface area contributed by atoms with Crippen LogP contribution in [0.4, 0.5) is 17.3 Å². The molecule has 1 aromatic heterocycles. The molecule has 0 spiro atoms. The topological polar surface area (TPSA) is 76.1 Å². The fourth-order valence-corrected chi connectivity index (χ4v) is 2.12. The zero-order chi connectivity index (χ0) is 16.8. The Kier molecular flexibility index (Phi) is 4.67. The van der Waals surface area contributed by atoms with Gasteiger partial charge in [0.05, 0.1) is 7.11 Å². The Hall–Kier alpha value is -3.41. The van der Waals surface area contributed by atoms with Crippen LogP contribution in [-0.4, -0.2) is 23.0 Å². The summed E-state index contributed by atoms with van der Waals surface area (Å²) in [5, 5.41) is 5.90. The molecule has 0 fully saturated rings. The van der Waals surface area contributed by atoms with Crippen molar-refractivity contribution in [1.29, 1.82) is 0 Å². The number of rotatable bonds is 5. The largest absolute Gasteiger partial charge is 0.497 e. The molecule has 2 N–H and O–H groups in total. The van der Waals surface area contributed by atoms with E-state index in [1.165, 1.54) is 6.33 Å². The van der Waals surface area contributed by atoms with Gasteiger partial charge in [-0.15, -0.1) is 0 Å². The normalized spacial score (nSPS) is 10.0. The van der Waals surface area contributed by atoms with E-state index >= 15 is 0 Å². The van der Waals surface area contributed by atoms with Crippen molar-refractivity contribution in [3.63, 3.8) is 0 Å². The molecule has 3 aromatic rings. The van der Waals surface area contributed by atoms with Crippen LogP contribution in [0.5, 0.6) is 5.75 Å². The van der Waals surface area contributed by atoms with Gasteiger partial charge in [0.1, 0.15) is 23.7 Å². The van der Waals surface area contributed by atoms with Crippen LogP contribution in [0.2, 0.25) is 0 Å². The van der Waals surface area contributed by atoms with E-state index in [1.807, 2.05) is 42.5 Å². The van der Waals surface area contributed by atoms with E-state index in [9.17, 15) is 4.79 Å². The van der Waals surface area contributed by atoms with Crippen molar-refractivity contribution >= 4 is 23.2 Å². The lowest BCUT2D eigenvalue weighted by atomic mass is 10.2. The van der Waals surface area contributed by atoms with Gasteiger partial charge in [0.15, 0.2) is 0 Å². The Morgan fingerprint density at radius 2 is 1.75 bits per heavy atom. The van der Waals surface area contributed by atoms with Gasteiger partial charge in [-0.1, -0.05) is 24.3 Å². The molecule has 1 heterocycles. The van der Waals surface area contributed by atoms with Crippen molar-refractivity contribution in [2.45, 2.75) is 0 Å². The Morgan fingerprint density at radius 1 is 0.958 bits per heavy atom.